The standard InChI is InChI=1S/C22H27N3O2S.C10H22N2O.C7H8/c26-18-25-14-7-10-20(25)17-24(15-13-19-8-3-1-4-9-19)22(27)16-23-28-21-11-5-2-6-12-21;1-7(11-6)9(13)12-8(2)10(3,4)5;1-7-5-3-2-4-6-7/h1-6,8-9,11-12,18,20,23H,7,10,13-17H2;7-8,11H,1-6H3,(H,12,13);2-6H,1H3/t;7-,8?;/m.0./s1. The Morgan fingerprint density at radius 1 is 0.958 bits per heavy atom. The molecule has 0 radical (unpaired) electrons. The van der Waals surface area contributed by atoms with Crippen LogP contribution in [0.5, 0.6) is 0 Å². The molecule has 1 fully saturated rings. The molecule has 3 aromatic rings. The first-order chi connectivity index (χ1) is 22.9. The maximum Gasteiger partial charge on any atom is 0.237 e. The van der Waals surface area contributed by atoms with E-state index in [0.29, 0.717) is 13.1 Å². The highest BCUT2D eigenvalue weighted by atomic mass is 32.2. The molecule has 1 heterocycles. The summed E-state index contributed by atoms with van der Waals surface area (Å²) in [6.07, 6.45) is 3.69. The molecular formula is C39H57N5O3S. The van der Waals surface area contributed by atoms with Crippen LogP contribution in [0.1, 0.15) is 58.6 Å². The number of carbonyl (C=O) groups is 3. The summed E-state index contributed by atoms with van der Waals surface area (Å²) >= 11 is 1.46. The lowest BCUT2D eigenvalue weighted by Crippen LogP contribution is -2.48. The molecule has 4 rings (SSSR count). The second-order valence-electron chi connectivity index (χ2n) is 13.2. The Morgan fingerprint density at radius 2 is 1.54 bits per heavy atom. The van der Waals surface area contributed by atoms with E-state index in [0.717, 1.165) is 37.1 Å². The zero-order valence-corrected chi connectivity index (χ0v) is 30.8. The number of nitrogens with one attached hydrogen (secondary N) is 3. The maximum atomic E-state index is 12.9. The van der Waals surface area contributed by atoms with Crippen LogP contribution < -0.4 is 15.4 Å². The lowest BCUT2D eigenvalue weighted by molar-refractivity contribution is -0.131. The highest BCUT2D eigenvalue weighted by Gasteiger charge is 2.27. The molecule has 9 heteroatoms. The summed E-state index contributed by atoms with van der Waals surface area (Å²) in [5, 5.41) is 5.88. The molecule has 1 aliphatic rings. The molecule has 2 unspecified atom stereocenters. The van der Waals surface area contributed by atoms with Gasteiger partial charge in [-0.1, -0.05) is 105 Å². The van der Waals surface area contributed by atoms with Gasteiger partial charge < -0.3 is 20.4 Å². The molecule has 1 aliphatic heterocycles. The Balaban J connectivity index is 0.000000329. The summed E-state index contributed by atoms with van der Waals surface area (Å²) in [7, 11) is 1.78. The molecule has 0 aliphatic carbocycles. The number of aryl methyl sites for hydroxylation is 1. The SMILES string of the molecule is CN[C@@H](C)C(=O)NC(C)C(C)(C)C.Cc1ccccc1.O=CN1CCCC1CN(CCc1ccccc1)C(=O)CNSc1ccccc1. The molecule has 262 valence electrons. The van der Waals surface area contributed by atoms with Crippen molar-refractivity contribution in [2.45, 2.75) is 83.8 Å². The molecule has 1 saturated heterocycles. The van der Waals surface area contributed by atoms with Crippen LogP contribution in [0.3, 0.4) is 0 Å². The first-order valence-electron chi connectivity index (χ1n) is 16.9. The minimum absolute atomic E-state index is 0.0601. The largest absolute Gasteiger partial charge is 0.352 e. The fourth-order valence-electron chi connectivity index (χ4n) is 4.68. The minimum Gasteiger partial charge on any atom is -0.352 e. The molecule has 3 amide bonds. The number of likely N-dealkylation sites (N-methyl/N-ethyl adjacent to an activating group) is 1. The molecule has 0 saturated carbocycles. The van der Waals surface area contributed by atoms with Crippen molar-refractivity contribution in [3.8, 4) is 0 Å². The molecule has 3 aromatic carbocycles. The van der Waals surface area contributed by atoms with Gasteiger partial charge in [0.05, 0.1) is 12.6 Å². The first-order valence-corrected chi connectivity index (χ1v) is 17.7. The Hall–Kier alpha value is -3.66. The molecule has 3 N–H and O–H groups in total. The quantitative estimate of drug-likeness (QED) is 0.150. The van der Waals surface area contributed by atoms with Gasteiger partial charge in [-0.3, -0.25) is 19.1 Å². The summed E-state index contributed by atoms with van der Waals surface area (Å²) < 4.78 is 3.17. The van der Waals surface area contributed by atoms with Crippen molar-refractivity contribution in [3.63, 3.8) is 0 Å². The topological polar surface area (TPSA) is 93.8 Å². The van der Waals surface area contributed by atoms with Gasteiger partial charge in [0, 0.05) is 36.6 Å². The Bertz CT molecular complexity index is 1320. The summed E-state index contributed by atoms with van der Waals surface area (Å²) in [6.45, 7) is 14.6. The number of amides is 3. The van der Waals surface area contributed by atoms with E-state index < -0.39 is 0 Å². The zero-order valence-electron chi connectivity index (χ0n) is 29.9. The van der Waals surface area contributed by atoms with Gasteiger partial charge in [-0.05, 0) is 82.1 Å². The Labute approximate surface area is 293 Å². The van der Waals surface area contributed by atoms with E-state index >= 15 is 0 Å². The highest BCUT2D eigenvalue weighted by Crippen LogP contribution is 2.19. The third kappa shape index (κ3) is 16.0. The van der Waals surface area contributed by atoms with Gasteiger partial charge in [0.1, 0.15) is 0 Å². The van der Waals surface area contributed by atoms with Crippen molar-refractivity contribution >= 4 is 30.2 Å². The monoisotopic (exact) mass is 675 g/mol. The summed E-state index contributed by atoms with van der Waals surface area (Å²) in [5.41, 5.74) is 2.65. The highest BCUT2D eigenvalue weighted by molar-refractivity contribution is 7.97. The summed E-state index contributed by atoms with van der Waals surface area (Å²) in [6, 6.07) is 30.6. The smallest absolute Gasteiger partial charge is 0.237 e. The van der Waals surface area contributed by atoms with E-state index in [4.69, 9.17) is 0 Å². The van der Waals surface area contributed by atoms with Gasteiger partial charge in [0.25, 0.3) is 0 Å². The Kier molecular flexibility index (Phi) is 18.6. The predicted octanol–water partition coefficient (Wildman–Crippen LogP) is 6.12. The lowest BCUT2D eigenvalue weighted by Gasteiger charge is -2.29. The van der Waals surface area contributed by atoms with Gasteiger partial charge in [0.15, 0.2) is 0 Å². The van der Waals surface area contributed by atoms with E-state index in [2.05, 4.69) is 67.3 Å². The second kappa shape index (κ2) is 22.1. The third-order valence-corrected chi connectivity index (χ3v) is 9.23. The number of rotatable bonds is 13. The molecule has 0 bridgehead atoms. The number of benzene rings is 3. The van der Waals surface area contributed by atoms with E-state index in [9.17, 15) is 14.4 Å². The van der Waals surface area contributed by atoms with Crippen LogP contribution in [0.2, 0.25) is 0 Å². The van der Waals surface area contributed by atoms with E-state index in [-0.39, 0.29) is 41.9 Å². The van der Waals surface area contributed by atoms with E-state index in [1.807, 2.05) is 90.4 Å². The number of nitrogens with zero attached hydrogens (tertiary/aromatic N) is 2. The van der Waals surface area contributed by atoms with Gasteiger partial charge in [-0.25, -0.2) is 0 Å². The fourth-order valence-corrected chi connectivity index (χ4v) is 5.33. The normalized spacial score (nSPS) is 15.1. The fraction of sp³-hybridized carbons (Fsp3) is 0.462. The van der Waals surface area contributed by atoms with Gasteiger partial charge in [0.2, 0.25) is 18.2 Å². The van der Waals surface area contributed by atoms with Crippen LogP contribution in [-0.4, -0.2) is 79.4 Å². The number of carbonyl (C=O) groups excluding carboxylic acids is 3. The number of hydrogen-bond acceptors (Lipinski definition) is 6. The van der Waals surface area contributed by atoms with Crippen molar-refractivity contribution in [3.05, 3.63) is 102 Å². The van der Waals surface area contributed by atoms with Crippen molar-refractivity contribution in [1.82, 2.24) is 25.2 Å². The van der Waals surface area contributed by atoms with E-state index in [1.54, 1.807) is 7.05 Å². The third-order valence-electron chi connectivity index (χ3n) is 8.44. The van der Waals surface area contributed by atoms with Gasteiger partial charge in [-0.15, -0.1) is 0 Å². The summed E-state index contributed by atoms with van der Waals surface area (Å²) in [5.74, 6) is 0.127. The average molecular weight is 676 g/mol. The maximum absolute atomic E-state index is 12.9. The van der Waals surface area contributed by atoms with Crippen LogP contribution in [0.15, 0.2) is 95.9 Å². The number of hydrogen-bond donors (Lipinski definition) is 3. The van der Waals surface area contributed by atoms with Crippen LogP contribution in [0.4, 0.5) is 0 Å². The van der Waals surface area contributed by atoms with Crippen LogP contribution >= 0.6 is 11.9 Å². The predicted molar refractivity (Wildman–Crippen MR) is 200 cm³/mol. The molecule has 8 nitrogen and oxygen atoms in total. The average Bonchev–Trinajstić information content (AvgIpc) is 3.54. The second-order valence-corrected chi connectivity index (χ2v) is 14.2. The number of likely N-dealkylation sites (tertiary alicyclic amines) is 1. The molecule has 48 heavy (non-hydrogen) atoms. The van der Waals surface area contributed by atoms with Crippen LogP contribution in [0.25, 0.3) is 0 Å². The molecule has 0 aromatic heterocycles. The summed E-state index contributed by atoms with van der Waals surface area (Å²) in [4.78, 5) is 40.4. The Morgan fingerprint density at radius 3 is 2.06 bits per heavy atom. The van der Waals surface area contributed by atoms with Crippen molar-refractivity contribution in [1.29, 1.82) is 0 Å². The van der Waals surface area contributed by atoms with Crippen LogP contribution in [-0.2, 0) is 20.8 Å². The molecule has 3 atom stereocenters. The van der Waals surface area contributed by atoms with E-state index in [1.165, 1.54) is 23.1 Å². The van der Waals surface area contributed by atoms with Gasteiger partial charge in [-0.2, -0.15) is 0 Å². The van der Waals surface area contributed by atoms with Gasteiger partial charge >= 0.3 is 0 Å². The minimum atomic E-state index is -0.121. The zero-order chi connectivity index (χ0) is 35.4. The van der Waals surface area contributed by atoms with Crippen molar-refractivity contribution in [2.75, 3.05) is 33.2 Å². The molecular weight excluding hydrogens is 619 g/mol. The lowest BCUT2D eigenvalue weighted by atomic mass is 9.88. The molecule has 0 spiro atoms. The van der Waals surface area contributed by atoms with Crippen molar-refractivity contribution < 1.29 is 14.4 Å². The van der Waals surface area contributed by atoms with Crippen molar-refractivity contribution in [2.24, 2.45) is 5.41 Å². The first kappa shape index (κ1) is 40.5. The van der Waals surface area contributed by atoms with Crippen LogP contribution in [0, 0.1) is 12.3 Å².